The molecular formula is C22H25N5O2S. The van der Waals surface area contributed by atoms with Crippen LogP contribution in [0.2, 0.25) is 0 Å². The van der Waals surface area contributed by atoms with E-state index in [0.29, 0.717) is 18.4 Å². The zero-order valence-corrected chi connectivity index (χ0v) is 18.0. The maximum absolute atomic E-state index is 13.0. The fourth-order valence-corrected chi connectivity index (χ4v) is 4.53. The summed E-state index contributed by atoms with van der Waals surface area (Å²) >= 11 is 1.42. The van der Waals surface area contributed by atoms with Crippen LogP contribution in [0.4, 0.5) is 5.95 Å². The Hall–Kier alpha value is -2.84. The van der Waals surface area contributed by atoms with Gasteiger partial charge in [0.1, 0.15) is 5.25 Å². The summed E-state index contributed by atoms with van der Waals surface area (Å²) in [5, 5.41) is 9.28. The molecule has 2 aromatic carbocycles. The first-order chi connectivity index (χ1) is 14.6. The Bertz CT molecular complexity index is 972. The third-order valence-electron chi connectivity index (χ3n) is 4.92. The molecule has 0 spiro atoms. The average Bonchev–Trinajstić information content (AvgIpc) is 3.22. The summed E-state index contributed by atoms with van der Waals surface area (Å²) < 4.78 is 7.54. The van der Waals surface area contributed by atoms with Gasteiger partial charge in [0.15, 0.2) is 5.16 Å². The molecule has 0 N–H and O–H groups in total. The number of thioether (sulfide) groups is 1. The predicted octanol–water partition coefficient (Wildman–Crippen LogP) is 3.03. The number of para-hydroxylation sites is 1. The van der Waals surface area contributed by atoms with Gasteiger partial charge in [-0.3, -0.25) is 9.36 Å². The van der Waals surface area contributed by atoms with Crippen molar-refractivity contribution in [3.63, 3.8) is 0 Å². The van der Waals surface area contributed by atoms with Crippen LogP contribution in [-0.4, -0.2) is 66.0 Å². The second kappa shape index (κ2) is 9.32. The molecule has 1 fully saturated rings. The van der Waals surface area contributed by atoms with Crippen LogP contribution in [0.5, 0.6) is 0 Å². The molecule has 4 rings (SSSR count). The molecule has 30 heavy (non-hydrogen) atoms. The van der Waals surface area contributed by atoms with Crippen molar-refractivity contribution in [3.8, 4) is 5.69 Å². The van der Waals surface area contributed by atoms with Crippen LogP contribution >= 0.6 is 11.8 Å². The van der Waals surface area contributed by atoms with Gasteiger partial charge >= 0.3 is 0 Å². The Morgan fingerprint density at radius 1 is 1.00 bits per heavy atom. The highest BCUT2D eigenvalue weighted by Crippen LogP contribution is 2.38. The van der Waals surface area contributed by atoms with Gasteiger partial charge in [0, 0.05) is 27.2 Å². The van der Waals surface area contributed by atoms with E-state index in [1.807, 2.05) is 65.2 Å². The van der Waals surface area contributed by atoms with Crippen LogP contribution in [0.15, 0.2) is 65.8 Å². The van der Waals surface area contributed by atoms with Crippen LogP contribution in [0.25, 0.3) is 5.69 Å². The molecule has 0 radical (unpaired) electrons. The summed E-state index contributed by atoms with van der Waals surface area (Å²) in [7, 11) is 3.56. The zero-order valence-electron chi connectivity index (χ0n) is 17.1. The normalized spacial score (nSPS) is 15.1. The Morgan fingerprint density at radius 3 is 2.27 bits per heavy atom. The molecule has 0 aliphatic carbocycles. The summed E-state index contributed by atoms with van der Waals surface area (Å²) in [4.78, 5) is 16.8. The van der Waals surface area contributed by atoms with Gasteiger partial charge < -0.3 is 14.5 Å². The number of anilines is 1. The summed E-state index contributed by atoms with van der Waals surface area (Å²) in [6, 6.07) is 19.8. The van der Waals surface area contributed by atoms with E-state index in [9.17, 15) is 4.79 Å². The van der Waals surface area contributed by atoms with Gasteiger partial charge in [-0.25, -0.2) is 0 Å². The third-order valence-corrected chi connectivity index (χ3v) is 6.10. The minimum absolute atomic E-state index is 0.0155. The van der Waals surface area contributed by atoms with Gasteiger partial charge in [-0.2, -0.15) is 0 Å². The third kappa shape index (κ3) is 4.34. The number of likely N-dealkylation sites (N-methyl/N-ethyl adjacent to an activating group) is 1. The lowest BCUT2D eigenvalue weighted by molar-refractivity contribution is -0.128. The van der Waals surface area contributed by atoms with Crippen molar-refractivity contribution in [2.75, 3.05) is 45.3 Å². The van der Waals surface area contributed by atoms with Crippen LogP contribution < -0.4 is 4.90 Å². The highest BCUT2D eigenvalue weighted by molar-refractivity contribution is 8.00. The van der Waals surface area contributed by atoms with Gasteiger partial charge in [-0.15, -0.1) is 10.2 Å². The fraction of sp³-hybridized carbons (Fsp3) is 0.318. The Labute approximate surface area is 180 Å². The zero-order chi connectivity index (χ0) is 20.9. The highest BCUT2D eigenvalue weighted by atomic mass is 32.2. The number of benzene rings is 2. The van der Waals surface area contributed by atoms with E-state index in [2.05, 4.69) is 15.1 Å². The van der Waals surface area contributed by atoms with Crippen molar-refractivity contribution in [3.05, 3.63) is 66.2 Å². The topological polar surface area (TPSA) is 63.5 Å². The van der Waals surface area contributed by atoms with Crippen LogP contribution in [0, 0.1) is 0 Å². The van der Waals surface area contributed by atoms with E-state index < -0.39 is 5.25 Å². The molecule has 8 heteroatoms. The van der Waals surface area contributed by atoms with E-state index in [1.54, 1.807) is 19.0 Å². The second-order valence-corrected chi connectivity index (χ2v) is 8.27. The first-order valence-corrected chi connectivity index (χ1v) is 10.8. The summed E-state index contributed by atoms with van der Waals surface area (Å²) in [5.41, 5.74) is 1.91. The number of amides is 1. The van der Waals surface area contributed by atoms with E-state index >= 15 is 0 Å². The van der Waals surface area contributed by atoms with Gasteiger partial charge in [0.25, 0.3) is 0 Å². The fourth-order valence-electron chi connectivity index (χ4n) is 3.34. The maximum atomic E-state index is 13.0. The molecule has 0 saturated carbocycles. The molecule has 2 heterocycles. The number of carbonyl (C=O) groups excluding carboxylic acids is 1. The van der Waals surface area contributed by atoms with Gasteiger partial charge in [0.05, 0.1) is 18.9 Å². The molecule has 1 unspecified atom stereocenters. The molecule has 1 saturated heterocycles. The van der Waals surface area contributed by atoms with E-state index in [1.165, 1.54) is 11.8 Å². The molecule has 1 atom stereocenters. The molecule has 1 aliphatic heterocycles. The quantitative estimate of drug-likeness (QED) is 0.568. The van der Waals surface area contributed by atoms with Gasteiger partial charge in [-0.05, 0) is 17.7 Å². The standard InChI is InChI=1S/C22H25N5O2S/c1-25(2)20(28)19(17-9-5-3-6-10-17)30-22-24-23-21(26-13-15-29-16-14-26)27(22)18-11-7-4-8-12-18/h3-12,19H,13-16H2,1-2H3. The van der Waals surface area contributed by atoms with Gasteiger partial charge in [-0.1, -0.05) is 60.3 Å². The lowest BCUT2D eigenvalue weighted by Crippen LogP contribution is -2.37. The number of ether oxygens (including phenoxy) is 1. The monoisotopic (exact) mass is 423 g/mol. The minimum atomic E-state index is -0.412. The summed E-state index contributed by atoms with van der Waals surface area (Å²) in [6.45, 7) is 2.84. The molecule has 1 amide bonds. The maximum Gasteiger partial charge on any atom is 0.240 e. The second-order valence-electron chi connectivity index (χ2n) is 7.19. The van der Waals surface area contributed by atoms with Crippen molar-refractivity contribution in [1.29, 1.82) is 0 Å². The molecule has 7 nitrogen and oxygen atoms in total. The highest BCUT2D eigenvalue weighted by Gasteiger charge is 2.28. The number of hydrogen-bond donors (Lipinski definition) is 0. The molecule has 3 aromatic rings. The number of aromatic nitrogens is 3. The molecule has 156 valence electrons. The van der Waals surface area contributed by atoms with Crippen molar-refractivity contribution >= 4 is 23.6 Å². The number of rotatable bonds is 6. The van der Waals surface area contributed by atoms with E-state index in [4.69, 9.17) is 4.74 Å². The first kappa shape index (κ1) is 20.4. The Balaban J connectivity index is 1.75. The Kier molecular flexibility index (Phi) is 6.35. The van der Waals surface area contributed by atoms with E-state index in [0.717, 1.165) is 30.3 Å². The minimum Gasteiger partial charge on any atom is -0.378 e. The lowest BCUT2D eigenvalue weighted by atomic mass is 10.1. The molecular weight excluding hydrogens is 398 g/mol. The van der Waals surface area contributed by atoms with Crippen LogP contribution in [0.1, 0.15) is 10.8 Å². The molecule has 1 aliphatic rings. The summed E-state index contributed by atoms with van der Waals surface area (Å²) in [5.74, 6) is 0.790. The van der Waals surface area contributed by atoms with Crippen molar-refractivity contribution in [2.45, 2.75) is 10.4 Å². The van der Waals surface area contributed by atoms with E-state index in [-0.39, 0.29) is 5.91 Å². The Morgan fingerprint density at radius 2 is 1.63 bits per heavy atom. The number of hydrogen-bond acceptors (Lipinski definition) is 6. The van der Waals surface area contributed by atoms with Crippen LogP contribution in [-0.2, 0) is 9.53 Å². The van der Waals surface area contributed by atoms with Crippen molar-refractivity contribution < 1.29 is 9.53 Å². The number of carbonyl (C=O) groups is 1. The van der Waals surface area contributed by atoms with Crippen molar-refractivity contribution in [2.24, 2.45) is 0 Å². The van der Waals surface area contributed by atoms with Crippen molar-refractivity contribution in [1.82, 2.24) is 19.7 Å². The molecule has 1 aromatic heterocycles. The summed E-state index contributed by atoms with van der Waals surface area (Å²) in [6.07, 6.45) is 0. The first-order valence-electron chi connectivity index (χ1n) is 9.91. The lowest BCUT2D eigenvalue weighted by Gasteiger charge is -2.28. The average molecular weight is 424 g/mol. The van der Waals surface area contributed by atoms with Gasteiger partial charge in [0.2, 0.25) is 11.9 Å². The van der Waals surface area contributed by atoms with Crippen LogP contribution in [0.3, 0.4) is 0 Å². The predicted molar refractivity (Wildman–Crippen MR) is 118 cm³/mol. The molecule has 0 bridgehead atoms. The SMILES string of the molecule is CN(C)C(=O)C(Sc1nnc(N2CCOCC2)n1-c1ccccc1)c1ccccc1. The number of morpholine rings is 1. The number of nitrogens with zero attached hydrogens (tertiary/aromatic N) is 5. The largest absolute Gasteiger partial charge is 0.378 e. The smallest absolute Gasteiger partial charge is 0.240 e.